The molecule has 0 bridgehead atoms. The first-order chi connectivity index (χ1) is 8.16. The monoisotopic (exact) mass is 240 g/mol. The van der Waals surface area contributed by atoms with Gasteiger partial charge in [-0.15, -0.1) is 0 Å². The Kier molecular flexibility index (Phi) is 5.42. The normalized spacial score (nSPS) is 10.2. The Labute approximate surface area is 99.8 Å². The highest BCUT2D eigenvalue weighted by molar-refractivity contribution is 5.97. The Morgan fingerprint density at radius 3 is 2.82 bits per heavy atom. The second-order valence-corrected chi connectivity index (χ2v) is 3.60. The van der Waals surface area contributed by atoms with E-state index in [9.17, 15) is 14.3 Å². The van der Waals surface area contributed by atoms with Crippen LogP contribution in [-0.4, -0.2) is 30.6 Å². The minimum atomic E-state index is -0.714. The van der Waals surface area contributed by atoms with Gasteiger partial charge in [0.15, 0.2) is 0 Å². The molecular formula is C12H17FN2O2. The molecule has 5 heteroatoms. The van der Waals surface area contributed by atoms with Crippen molar-refractivity contribution in [2.75, 3.05) is 19.6 Å². The van der Waals surface area contributed by atoms with E-state index in [1.165, 1.54) is 12.1 Å². The summed E-state index contributed by atoms with van der Waals surface area (Å²) in [7, 11) is 0. The lowest BCUT2D eigenvalue weighted by molar-refractivity contribution is 0.0946. The zero-order valence-corrected chi connectivity index (χ0v) is 9.79. The van der Waals surface area contributed by atoms with Gasteiger partial charge in [0.05, 0.1) is 0 Å². The lowest BCUT2D eigenvalue weighted by atomic mass is 10.1. The molecule has 1 aromatic carbocycles. The van der Waals surface area contributed by atoms with Crippen LogP contribution in [0.2, 0.25) is 0 Å². The van der Waals surface area contributed by atoms with Gasteiger partial charge in [0, 0.05) is 6.54 Å². The summed E-state index contributed by atoms with van der Waals surface area (Å²) in [4.78, 5) is 11.6. The van der Waals surface area contributed by atoms with E-state index in [2.05, 4.69) is 10.6 Å². The molecule has 0 heterocycles. The van der Waals surface area contributed by atoms with E-state index in [1.54, 1.807) is 0 Å². The molecule has 94 valence electrons. The van der Waals surface area contributed by atoms with Gasteiger partial charge in [-0.2, -0.15) is 0 Å². The standard InChI is InChI=1S/C12H17FN2O2/c1-2-14-7-4-8-15-12(17)11-9(13)5-3-6-10(11)16/h3,5-6,14,16H,2,4,7-8H2,1H3,(H,15,17). The largest absolute Gasteiger partial charge is 0.507 e. The Hall–Kier alpha value is -1.62. The molecule has 0 spiro atoms. The number of carbonyl (C=O) groups is 1. The fourth-order valence-corrected chi connectivity index (χ4v) is 1.42. The van der Waals surface area contributed by atoms with Gasteiger partial charge < -0.3 is 15.7 Å². The number of hydrogen-bond donors (Lipinski definition) is 3. The number of hydrogen-bond acceptors (Lipinski definition) is 3. The summed E-state index contributed by atoms with van der Waals surface area (Å²) in [5, 5.41) is 15.1. The van der Waals surface area contributed by atoms with E-state index in [0.29, 0.717) is 6.54 Å². The predicted octanol–water partition coefficient (Wildman–Crippen LogP) is 1.26. The molecule has 3 N–H and O–H groups in total. The molecule has 0 aliphatic carbocycles. The van der Waals surface area contributed by atoms with Crippen LogP contribution >= 0.6 is 0 Å². The topological polar surface area (TPSA) is 61.4 Å². The Morgan fingerprint density at radius 2 is 2.18 bits per heavy atom. The molecule has 1 amide bonds. The van der Waals surface area contributed by atoms with Gasteiger partial charge in [0.25, 0.3) is 5.91 Å². The summed E-state index contributed by atoms with van der Waals surface area (Å²) in [6, 6.07) is 3.79. The van der Waals surface area contributed by atoms with Crippen molar-refractivity contribution in [2.45, 2.75) is 13.3 Å². The fourth-order valence-electron chi connectivity index (χ4n) is 1.42. The molecule has 0 fully saturated rings. The molecule has 0 radical (unpaired) electrons. The summed E-state index contributed by atoms with van der Waals surface area (Å²) >= 11 is 0. The minimum absolute atomic E-state index is 0.295. The third-order valence-corrected chi connectivity index (χ3v) is 2.28. The van der Waals surface area contributed by atoms with E-state index in [-0.39, 0.29) is 11.3 Å². The van der Waals surface area contributed by atoms with Crippen molar-refractivity contribution in [3.63, 3.8) is 0 Å². The molecule has 0 aliphatic heterocycles. The smallest absolute Gasteiger partial charge is 0.258 e. The highest BCUT2D eigenvalue weighted by Crippen LogP contribution is 2.19. The number of nitrogens with one attached hydrogen (secondary N) is 2. The molecule has 0 unspecified atom stereocenters. The number of carbonyl (C=O) groups excluding carboxylic acids is 1. The number of benzene rings is 1. The average molecular weight is 240 g/mol. The minimum Gasteiger partial charge on any atom is -0.507 e. The second-order valence-electron chi connectivity index (χ2n) is 3.60. The summed E-state index contributed by atoms with van der Waals surface area (Å²) in [6.07, 6.45) is 0.759. The van der Waals surface area contributed by atoms with Gasteiger partial charge >= 0.3 is 0 Å². The number of halogens is 1. The van der Waals surface area contributed by atoms with E-state index in [0.717, 1.165) is 25.6 Å². The number of phenolic OH excluding ortho intramolecular Hbond substituents is 1. The summed E-state index contributed by atoms with van der Waals surface area (Å²) < 4.78 is 13.3. The number of aromatic hydroxyl groups is 1. The third kappa shape index (κ3) is 4.03. The quantitative estimate of drug-likeness (QED) is 0.656. The van der Waals surface area contributed by atoms with Crippen LogP contribution in [0.1, 0.15) is 23.7 Å². The number of phenols is 1. The molecule has 1 rings (SSSR count). The van der Waals surface area contributed by atoms with Crippen LogP contribution < -0.4 is 10.6 Å². The maximum absolute atomic E-state index is 13.3. The number of rotatable bonds is 6. The van der Waals surface area contributed by atoms with Crippen LogP contribution in [0.15, 0.2) is 18.2 Å². The molecule has 4 nitrogen and oxygen atoms in total. The highest BCUT2D eigenvalue weighted by atomic mass is 19.1. The molecule has 0 aliphatic rings. The van der Waals surface area contributed by atoms with Gasteiger partial charge in [-0.05, 0) is 31.6 Å². The van der Waals surface area contributed by atoms with E-state index in [4.69, 9.17) is 0 Å². The lowest BCUT2D eigenvalue weighted by Crippen LogP contribution is -2.28. The van der Waals surface area contributed by atoms with Crippen LogP contribution in [0.3, 0.4) is 0 Å². The Morgan fingerprint density at radius 1 is 1.41 bits per heavy atom. The Bertz CT molecular complexity index is 363. The van der Waals surface area contributed by atoms with E-state index >= 15 is 0 Å². The summed E-state index contributed by atoms with van der Waals surface area (Å²) in [5.41, 5.74) is -0.295. The van der Waals surface area contributed by atoms with Crippen molar-refractivity contribution >= 4 is 5.91 Å². The van der Waals surface area contributed by atoms with Gasteiger partial charge in [-0.1, -0.05) is 13.0 Å². The molecule has 17 heavy (non-hydrogen) atoms. The SMILES string of the molecule is CCNCCCNC(=O)c1c(O)cccc1F. The summed E-state index contributed by atoms with van der Waals surface area (Å²) in [5.74, 6) is -1.64. The van der Waals surface area contributed by atoms with Crippen molar-refractivity contribution < 1.29 is 14.3 Å². The van der Waals surface area contributed by atoms with Gasteiger partial charge in [0.2, 0.25) is 0 Å². The molecule has 0 saturated carbocycles. The molecule has 0 aromatic heterocycles. The molecule has 1 aromatic rings. The van der Waals surface area contributed by atoms with E-state index < -0.39 is 11.7 Å². The van der Waals surface area contributed by atoms with Gasteiger partial charge in [-0.3, -0.25) is 4.79 Å². The lowest BCUT2D eigenvalue weighted by Gasteiger charge is -2.07. The Balaban J connectivity index is 2.47. The zero-order valence-electron chi connectivity index (χ0n) is 9.79. The average Bonchev–Trinajstić information content (AvgIpc) is 2.28. The van der Waals surface area contributed by atoms with Crippen LogP contribution in [0.4, 0.5) is 4.39 Å². The van der Waals surface area contributed by atoms with E-state index in [1.807, 2.05) is 6.92 Å². The maximum atomic E-state index is 13.3. The first-order valence-electron chi connectivity index (χ1n) is 5.63. The van der Waals surface area contributed by atoms with Crippen molar-refractivity contribution in [3.8, 4) is 5.75 Å². The van der Waals surface area contributed by atoms with Crippen molar-refractivity contribution in [1.29, 1.82) is 0 Å². The fraction of sp³-hybridized carbons (Fsp3) is 0.417. The number of amides is 1. The van der Waals surface area contributed by atoms with Crippen molar-refractivity contribution in [3.05, 3.63) is 29.6 Å². The van der Waals surface area contributed by atoms with Crippen LogP contribution in [0.25, 0.3) is 0 Å². The van der Waals surface area contributed by atoms with Crippen LogP contribution in [0, 0.1) is 5.82 Å². The van der Waals surface area contributed by atoms with Crippen molar-refractivity contribution in [2.24, 2.45) is 0 Å². The van der Waals surface area contributed by atoms with Crippen molar-refractivity contribution in [1.82, 2.24) is 10.6 Å². The maximum Gasteiger partial charge on any atom is 0.258 e. The highest BCUT2D eigenvalue weighted by Gasteiger charge is 2.15. The zero-order chi connectivity index (χ0) is 12.7. The summed E-state index contributed by atoms with van der Waals surface area (Å²) in [6.45, 7) is 4.11. The predicted molar refractivity (Wildman–Crippen MR) is 63.6 cm³/mol. The molecular weight excluding hydrogens is 223 g/mol. The first-order valence-corrected chi connectivity index (χ1v) is 5.63. The second kappa shape index (κ2) is 6.85. The molecule has 0 atom stereocenters. The first kappa shape index (κ1) is 13.4. The molecule has 0 saturated heterocycles. The van der Waals surface area contributed by atoms with Crippen LogP contribution in [-0.2, 0) is 0 Å². The third-order valence-electron chi connectivity index (χ3n) is 2.28. The van der Waals surface area contributed by atoms with Gasteiger partial charge in [-0.25, -0.2) is 4.39 Å². The van der Waals surface area contributed by atoms with Crippen LogP contribution in [0.5, 0.6) is 5.75 Å². The van der Waals surface area contributed by atoms with Gasteiger partial charge in [0.1, 0.15) is 17.1 Å².